The van der Waals surface area contributed by atoms with Crippen LogP contribution < -0.4 is 4.90 Å². The van der Waals surface area contributed by atoms with Crippen molar-refractivity contribution in [2.24, 2.45) is 23.7 Å². The molecule has 0 amide bonds. The van der Waals surface area contributed by atoms with E-state index in [1.54, 1.807) is 18.2 Å². The molecule has 1 heterocycles. The lowest BCUT2D eigenvalue weighted by Crippen LogP contribution is -2.53. The molecule has 0 radical (unpaired) electrons. The molecule has 0 bridgehead atoms. The minimum atomic E-state index is -0.455. The predicted molar refractivity (Wildman–Crippen MR) is 468 cm³/mol. The summed E-state index contributed by atoms with van der Waals surface area (Å²) in [5.74, 6) is 0.961. The number of hydrogen-bond donors (Lipinski definition) is 0. The van der Waals surface area contributed by atoms with Gasteiger partial charge in [0, 0.05) is 78.3 Å². The smallest absolute Gasteiger partial charge is 0.123 e. The van der Waals surface area contributed by atoms with Gasteiger partial charge >= 0.3 is 0 Å². The highest BCUT2D eigenvalue weighted by Crippen LogP contribution is 2.65. The van der Waals surface area contributed by atoms with Crippen LogP contribution in [0.25, 0.3) is 32.3 Å². The maximum absolute atomic E-state index is 15.4. The minimum absolute atomic E-state index is 0.00286. The number of nitrogens with zero attached hydrogens (tertiary/aromatic N) is 2. The first-order valence-electron chi connectivity index (χ1n) is 42.4. The van der Waals surface area contributed by atoms with Crippen LogP contribution in [-0.4, -0.2) is 53.5 Å². The van der Waals surface area contributed by atoms with Crippen molar-refractivity contribution in [2.75, 3.05) is 4.90 Å². The third-order valence-corrected chi connectivity index (χ3v) is 29.5. The van der Waals surface area contributed by atoms with Crippen molar-refractivity contribution in [1.29, 1.82) is 0 Å². The van der Waals surface area contributed by atoms with Crippen molar-refractivity contribution in [3.05, 3.63) is 363 Å². The molecule has 4 nitrogen and oxygen atoms in total. The summed E-state index contributed by atoms with van der Waals surface area (Å²) < 4.78 is 47.3. The van der Waals surface area contributed by atoms with Gasteiger partial charge in [0.2, 0.25) is 0 Å². The molecule has 13 unspecified atom stereocenters. The van der Waals surface area contributed by atoms with Gasteiger partial charge in [-0.3, -0.25) is 4.90 Å². The lowest BCUT2D eigenvalue weighted by atomic mass is 9.55. The molecule has 1 saturated carbocycles. The molecule has 1 aromatic heterocycles. The second-order valence-electron chi connectivity index (χ2n) is 36.6. The van der Waals surface area contributed by atoms with Crippen molar-refractivity contribution in [1.82, 2.24) is 4.90 Å². The molecule has 0 saturated heterocycles. The summed E-state index contributed by atoms with van der Waals surface area (Å²) in [5.41, 5.74) is 22.0. The number of thiophene rings is 1. The molecule has 19 rings (SSSR count). The van der Waals surface area contributed by atoms with Crippen LogP contribution in [0.3, 0.4) is 0 Å². The van der Waals surface area contributed by atoms with E-state index in [2.05, 4.69) is 277 Å². The number of halogens is 2. The van der Waals surface area contributed by atoms with E-state index in [1.165, 1.54) is 109 Å². The van der Waals surface area contributed by atoms with Gasteiger partial charge in [0.25, 0.3) is 0 Å². The van der Waals surface area contributed by atoms with Crippen molar-refractivity contribution < 1.29 is 18.3 Å². The third kappa shape index (κ3) is 13.3. The predicted octanol–water partition coefficient (Wildman–Crippen LogP) is 25.9. The Balaban J connectivity index is 0.646. The van der Waals surface area contributed by atoms with E-state index < -0.39 is 5.41 Å². The van der Waals surface area contributed by atoms with E-state index in [9.17, 15) is 0 Å². The molecular formula is C106H108F2N2O2S. The topological polar surface area (TPSA) is 24.9 Å². The monoisotopic (exact) mass is 1510 g/mol. The molecule has 113 heavy (non-hydrogen) atoms. The fourth-order valence-electron chi connectivity index (χ4n) is 22.8. The first-order valence-corrected chi connectivity index (χ1v) is 43.3. The van der Waals surface area contributed by atoms with E-state index in [4.69, 9.17) is 9.47 Å². The van der Waals surface area contributed by atoms with Gasteiger partial charge < -0.3 is 14.4 Å². The summed E-state index contributed by atoms with van der Waals surface area (Å²) in [7, 11) is 0. The van der Waals surface area contributed by atoms with Crippen LogP contribution in [0.15, 0.2) is 301 Å². The second-order valence-corrected chi connectivity index (χ2v) is 37.7. The molecule has 12 aliphatic carbocycles. The number of aryl methyl sites for hydroxylation is 1. The average Bonchev–Trinajstić information content (AvgIpc) is 1.59. The van der Waals surface area contributed by atoms with Crippen LogP contribution in [-0.2, 0) is 44.0 Å². The first kappa shape index (κ1) is 74.1. The fraction of sp³-hybridized carbons (Fsp3) is 0.358. The first-order chi connectivity index (χ1) is 54.9. The zero-order valence-electron chi connectivity index (χ0n) is 66.7. The summed E-state index contributed by atoms with van der Waals surface area (Å²) in [4.78, 5) is 5.36. The highest BCUT2D eigenvalue weighted by molar-refractivity contribution is 7.25. The Morgan fingerprint density at radius 3 is 1.96 bits per heavy atom. The Morgan fingerprint density at radius 2 is 1.26 bits per heavy atom. The van der Waals surface area contributed by atoms with Crippen LogP contribution >= 0.6 is 11.3 Å². The Bertz CT molecular complexity index is 5400. The summed E-state index contributed by atoms with van der Waals surface area (Å²) in [6, 6.07) is 46.5. The van der Waals surface area contributed by atoms with E-state index in [-0.39, 0.29) is 94.2 Å². The molecule has 0 N–H and O–H groups in total. The van der Waals surface area contributed by atoms with Crippen LogP contribution in [0.4, 0.5) is 14.5 Å². The average molecular weight is 1510 g/mol. The Morgan fingerprint density at radius 1 is 0.540 bits per heavy atom. The molecule has 12 aliphatic rings. The molecular weight excluding hydrogens is 1400 g/mol. The van der Waals surface area contributed by atoms with Gasteiger partial charge in [-0.15, -0.1) is 11.3 Å². The number of anilines is 1. The van der Waals surface area contributed by atoms with Gasteiger partial charge in [0.05, 0.1) is 30.5 Å². The fourth-order valence-corrected chi connectivity index (χ4v) is 24.0. The molecule has 13 atom stereocenters. The third-order valence-electron chi connectivity index (χ3n) is 28.4. The van der Waals surface area contributed by atoms with Gasteiger partial charge in [-0.25, -0.2) is 8.78 Å². The maximum Gasteiger partial charge on any atom is 0.123 e. The number of ether oxygens (including phenoxy) is 2. The van der Waals surface area contributed by atoms with Gasteiger partial charge in [0.1, 0.15) is 11.6 Å². The van der Waals surface area contributed by atoms with Crippen molar-refractivity contribution in [2.45, 2.75) is 214 Å². The van der Waals surface area contributed by atoms with Crippen LogP contribution in [0.1, 0.15) is 187 Å². The van der Waals surface area contributed by atoms with Gasteiger partial charge in [-0.05, 0) is 264 Å². The number of fused-ring (bicyclic) bond motifs is 10. The van der Waals surface area contributed by atoms with Gasteiger partial charge in [-0.2, -0.15) is 0 Å². The molecule has 7 aromatic rings. The van der Waals surface area contributed by atoms with Crippen LogP contribution in [0, 0.1) is 29.5 Å². The molecule has 6 aromatic carbocycles. The maximum atomic E-state index is 15.4. The molecule has 7 heteroatoms. The Labute approximate surface area is 673 Å². The molecule has 574 valence electrons. The van der Waals surface area contributed by atoms with E-state index in [0.29, 0.717) is 18.3 Å². The zero-order valence-corrected chi connectivity index (χ0v) is 67.5. The Hall–Kier alpha value is -9.08. The molecule has 0 aliphatic heterocycles. The Kier molecular flexibility index (Phi) is 19.4. The van der Waals surface area contributed by atoms with E-state index >= 15 is 8.78 Å². The van der Waals surface area contributed by atoms with Crippen LogP contribution in [0.5, 0.6) is 0 Å². The van der Waals surface area contributed by atoms with Crippen LogP contribution in [0.2, 0.25) is 0 Å². The zero-order chi connectivity index (χ0) is 77.1. The van der Waals surface area contributed by atoms with E-state index in [1.807, 2.05) is 41.7 Å². The van der Waals surface area contributed by atoms with E-state index in [0.717, 1.165) is 95.6 Å². The standard InChI is InChI=1S/C106H108F2N2O2S/c1-9-67-19-49-87(50-20-67)111-89-53-33-77(34-54-89)105(75-29-25-73(26-30-75)103(3,4)5)97-17-13-11-15-91(97)93-57-47-85(65-99(93)105)109(81-43-37-79(107)38-44-81)83-41-23-69-63-101-95(61-71(69)59-83)96-62-72-60-84(42-24-70(72)64-102(96)113-101)110(82-45-39-80(108)40-46-82)86-48-58-94-92-16-12-14-18-98(92)106(100(94)66-86,76-31-27-74(28-32-76)104(6,7)8)78-35-55-90(56-36-78)112-88-51-21-68(10-2)22-52-88/h9-21,23,25-32,35-41,43,45-49,55,57-58,60-64,77,81,83,85-90,92-93,98-99H,1-2,22,24,33-34,42,44,50-54,56,59,65-66H2,3-8H3. The summed E-state index contributed by atoms with van der Waals surface area (Å²) in [6.45, 7) is 22.0. The highest BCUT2D eigenvalue weighted by atomic mass is 32.1. The summed E-state index contributed by atoms with van der Waals surface area (Å²) in [5, 5.41) is 2.59. The lowest BCUT2D eigenvalue weighted by molar-refractivity contribution is -0.0242. The SMILES string of the molecule is C=CC1=CCC(OC2CCC(C3(c4ccc(C(C)(C)C)cc4)c4ccccc4C4C=CC(N(C5C=CC(F)=CC5)C5C=Cc6cc7sc8cc9c(cc8c7cc6C5)C=C(N(c5ccc(F)cc5)C5C=CC6=C(C5)C(C5=CCC(OC7CC=C(C=C)CC7)C=C5)(c5ccc(C(C)(C)C)cc5)C5C=CC=CC65)CC9)CC43)CC2)C=C1. The molecule has 0 spiro atoms. The molecule has 1 fully saturated rings. The van der Waals surface area contributed by atoms with Crippen molar-refractivity contribution >= 4 is 49.3 Å². The number of rotatable bonds is 16. The van der Waals surface area contributed by atoms with Crippen molar-refractivity contribution in [3.63, 3.8) is 0 Å². The quantitative estimate of drug-likeness (QED) is 0.0901. The number of benzene rings is 6. The summed E-state index contributed by atoms with van der Waals surface area (Å²) >= 11 is 1.92. The van der Waals surface area contributed by atoms with Gasteiger partial charge in [0.15, 0.2) is 0 Å². The lowest BCUT2D eigenvalue weighted by Gasteiger charge is -2.51. The van der Waals surface area contributed by atoms with Gasteiger partial charge in [-0.1, -0.05) is 255 Å². The number of allylic oxidation sites excluding steroid dienone is 17. The number of hydrogen-bond acceptors (Lipinski definition) is 5. The minimum Gasteiger partial charge on any atom is -0.371 e. The highest BCUT2D eigenvalue weighted by Gasteiger charge is 2.59. The van der Waals surface area contributed by atoms with Crippen molar-refractivity contribution in [3.8, 4) is 0 Å². The largest absolute Gasteiger partial charge is 0.371 e. The normalized spacial score (nSPS) is 30.1. The summed E-state index contributed by atoms with van der Waals surface area (Å²) in [6.07, 6.45) is 67.4. The second kappa shape index (κ2) is 29.6.